The molecule has 2 aromatic heterocycles. The number of carboxylic acid groups (broad SMARTS) is 1. The molecule has 0 radical (unpaired) electrons. The van der Waals surface area contributed by atoms with Crippen molar-refractivity contribution in [1.82, 2.24) is 25.4 Å². The molecule has 5 rings (SSSR count). The van der Waals surface area contributed by atoms with Crippen LogP contribution in [-0.2, 0) is 14.4 Å². The second kappa shape index (κ2) is 11.5. The molecule has 208 valence electrons. The van der Waals surface area contributed by atoms with Crippen LogP contribution in [0.2, 0.25) is 0 Å². The smallest absolute Gasteiger partial charge is 0.352 e. The number of carbonyl (C=O) groups excluding carboxylic acids is 2. The molecule has 2 amide bonds. The van der Waals surface area contributed by atoms with Gasteiger partial charge < -0.3 is 26.4 Å². The molecule has 16 heteroatoms. The number of rotatable bonds is 9. The third kappa shape index (κ3) is 5.39. The molecule has 0 aliphatic carbocycles. The van der Waals surface area contributed by atoms with Crippen LogP contribution >= 0.6 is 46.2 Å². The summed E-state index contributed by atoms with van der Waals surface area (Å²) >= 11 is 5.13. The number of aliphatic carboxylic acids is 1. The van der Waals surface area contributed by atoms with E-state index in [-0.39, 0.29) is 22.9 Å². The third-order valence-electron chi connectivity index (χ3n) is 5.99. The minimum Gasteiger partial charge on any atom is -0.504 e. The van der Waals surface area contributed by atoms with E-state index in [1.807, 2.05) is 6.92 Å². The van der Waals surface area contributed by atoms with Crippen molar-refractivity contribution in [1.29, 1.82) is 0 Å². The predicted octanol–water partition coefficient (Wildman–Crippen LogP) is 2.98. The SMILES string of the molecule is CC/C=C(\C(=O)NC1C(=O)N2C(C(=O)O)=C(CSc3nnc(-c4ccc(O)c(O)c4)s3)CS[C@H]12)c1csc(N)n1. The van der Waals surface area contributed by atoms with Gasteiger partial charge in [0.25, 0.3) is 11.8 Å². The molecule has 2 atom stereocenters. The Morgan fingerprint density at radius 1 is 1.27 bits per heavy atom. The first-order valence-electron chi connectivity index (χ1n) is 11.8. The number of hydrogen-bond donors (Lipinski definition) is 5. The number of fused-ring (bicyclic) bond motifs is 1. The fourth-order valence-electron chi connectivity index (χ4n) is 4.13. The maximum Gasteiger partial charge on any atom is 0.352 e. The number of benzene rings is 1. The number of carbonyl (C=O) groups is 3. The van der Waals surface area contributed by atoms with Gasteiger partial charge >= 0.3 is 5.97 Å². The summed E-state index contributed by atoms with van der Waals surface area (Å²) in [7, 11) is 0. The molecule has 2 aliphatic rings. The van der Waals surface area contributed by atoms with Gasteiger partial charge in [-0.15, -0.1) is 33.3 Å². The lowest BCUT2D eigenvalue weighted by molar-refractivity contribution is -0.150. The molecule has 3 aromatic rings. The van der Waals surface area contributed by atoms with Gasteiger partial charge in [-0.3, -0.25) is 14.5 Å². The topological polar surface area (TPSA) is 192 Å². The van der Waals surface area contributed by atoms with Crippen molar-refractivity contribution in [2.24, 2.45) is 0 Å². The first-order valence-corrected chi connectivity index (χ1v) is 15.5. The first-order chi connectivity index (χ1) is 19.2. The molecular formula is C24H22N6O6S4. The van der Waals surface area contributed by atoms with Gasteiger partial charge in [-0.2, -0.15) is 0 Å². The Kier molecular flexibility index (Phi) is 8.02. The summed E-state index contributed by atoms with van der Waals surface area (Å²) in [6, 6.07) is 3.47. The van der Waals surface area contributed by atoms with Crippen molar-refractivity contribution in [2.75, 3.05) is 17.2 Å². The van der Waals surface area contributed by atoms with Crippen molar-refractivity contribution in [3.8, 4) is 22.1 Å². The van der Waals surface area contributed by atoms with Crippen LogP contribution in [0.4, 0.5) is 5.13 Å². The molecule has 0 spiro atoms. The molecule has 1 saturated heterocycles. The van der Waals surface area contributed by atoms with Crippen molar-refractivity contribution >= 4 is 74.7 Å². The monoisotopic (exact) mass is 618 g/mol. The van der Waals surface area contributed by atoms with Crippen molar-refractivity contribution < 1.29 is 29.7 Å². The summed E-state index contributed by atoms with van der Waals surface area (Å²) in [6.07, 6.45) is 2.28. The van der Waals surface area contributed by atoms with Crippen molar-refractivity contribution in [3.63, 3.8) is 0 Å². The Balaban J connectivity index is 1.28. The molecule has 0 bridgehead atoms. The van der Waals surface area contributed by atoms with E-state index in [4.69, 9.17) is 5.73 Å². The van der Waals surface area contributed by atoms with E-state index in [9.17, 15) is 29.7 Å². The summed E-state index contributed by atoms with van der Waals surface area (Å²) in [5.74, 6) is -2.08. The largest absolute Gasteiger partial charge is 0.504 e. The Bertz CT molecular complexity index is 1570. The quantitative estimate of drug-likeness (QED) is 0.102. The van der Waals surface area contributed by atoms with Gasteiger partial charge in [0.1, 0.15) is 22.1 Å². The maximum absolute atomic E-state index is 13.1. The van der Waals surface area contributed by atoms with Crippen LogP contribution in [0.15, 0.2) is 45.3 Å². The number of carboxylic acids is 1. The molecule has 1 fully saturated rings. The van der Waals surface area contributed by atoms with E-state index in [0.29, 0.717) is 49.1 Å². The van der Waals surface area contributed by atoms with E-state index in [1.165, 1.54) is 63.2 Å². The Morgan fingerprint density at radius 3 is 2.75 bits per heavy atom. The van der Waals surface area contributed by atoms with Gasteiger partial charge in [-0.25, -0.2) is 9.78 Å². The van der Waals surface area contributed by atoms with Gasteiger partial charge in [0, 0.05) is 22.4 Å². The van der Waals surface area contributed by atoms with Gasteiger partial charge in [0.05, 0.1) is 11.3 Å². The minimum absolute atomic E-state index is 0.0865. The summed E-state index contributed by atoms with van der Waals surface area (Å²) in [5, 5.41) is 42.2. The van der Waals surface area contributed by atoms with Gasteiger partial charge in [-0.1, -0.05) is 36.1 Å². The average Bonchev–Trinajstić information content (AvgIpc) is 3.59. The molecule has 40 heavy (non-hydrogen) atoms. The average molecular weight is 619 g/mol. The highest BCUT2D eigenvalue weighted by atomic mass is 32.2. The molecule has 1 aromatic carbocycles. The summed E-state index contributed by atoms with van der Waals surface area (Å²) < 4.78 is 0.574. The number of phenols is 2. The van der Waals surface area contributed by atoms with Gasteiger partial charge in [0.2, 0.25) is 0 Å². The van der Waals surface area contributed by atoms with Crippen LogP contribution in [0.1, 0.15) is 19.0 Å². The molecule has 4 heterocycles. The zero-order chi connectivity index (χ0) is 28.6. The highest BCUT2D eigenvalue weighted by molar-refractivity contribution is 8.01. The molecular weight excluding hydrogens is 597 g/mol. The zero-order valence-electron chi connectivity index (χ0n) is 20.7. The van der Waals surface area contributed by atoms with Gasteiger partial charge in [-0.05, 0) is 30.2 Å². The molecule has 6 N–H and O–H groups in total. The lowest BCUT2D eigenvalue weighted by atomic mass is 10.0. The summed E-state index contributed by atoms with van der Waals surface area (Å²) in [5.41, 5.74) is 7.50. The number of aromatic nitrogens is 3. The standard InChI is InChI=1S/C24H22N6O6S4/c1-2-3-12(13-9-38-23(25)26-13)18(33)27-16-20(34)30-17(22(35)36)11(7-37-21(16)30)8-39-24-29-28-19(40-24)10-4-5-14(31)15(32)6-10/h3-6,9,16,21,31-32H,2,7-8H2,1H3,(H2,25,26)(H,27,33)(H,35,36)/b12-3-/t16?,21-/m1/s1. The number of nitrogens with one attached hydrogen (secondary N) is 1. The van der Waals surface area contributed by atoms with Crippen LogP contribution in [0.25, 0.3) is 16.1 Å². The first kappa shape index (κ1) is 27.9. The number of anilines is 1. The number of thioether (sulfide) groups is 2. The molecule has 1 unspecified atom stereocenters. The number of nitrogens with zero attached hydrogens (tertiary/aromatic N) is 4. The summed E-state index contributed by atoms with van der Waals surface area (Å²) in [6.45, 7) is 1.88. The lowest BCUT2D eigenvalue weighted by Gasteiger charge is -2.49. The van der Waals surface area contributed by atoms with Crippen LogP contribution < -0.4 is 11.1 Å². The number of phenolic OH excluding ortho intramolecular Hbond substituents is 2. The second-order valence-electron chi connectivity index (χ2n) is 8.58. The Morgan fingerprint density at radius 2 is 2.08 bits per heavy atom. The normalized spacial score (nSPS) is 18.9. The van der Waals surface area contributed by atoms with E-state index >= 15 is 0 Å². The van der Waals surface area contributed by atoms with E-state index < -0.39 is 29.2 Å². The van der Waals surface area contributed by atoms with Gasteiger partial charge in [0.15, 0.2) is 21.0 Å². The van der Waals surface area contributed by atoms with Crippen LogP contribution in [0.5, 0.6) is 11.5 Å². The highest BCUT2D eigenvalue weighted by Gasteiger charge is 2.54. The number of nitrogens with two attached hydrogens (primary N) is 1. The number of nitrogen functional groups attached to an aromatic ring is 1. The number of hydrogen-bond acceptors (Lipinski definition) is 13. The maximum atomic E-state index is 13.1. The molecule has 0 saturated carbocycles. The molecule has 12 nitrogen and oxygen atoms in total. The zero-order valence-corrected chi connectivity index (χ0v) is 24.0. The number of aromatic hydroxyl groups is 2. The highest BCUT2D eigenvalue weighted by Crippen LogP contribution is 2.42. The molecule has 2 aliphatic heterocycles. The van der Waals surface area contributed by atoms with E-state index in [2.05, 4.69) is 20.5 Å². The van der Waals surface area contributed by atoms with Crippen LogP contribution in [0.3, 0.4) is 0 Å². The fourth-order valence-corrected chi connectivity index (χ4v) is 8.03. The van der Waals surface area contributed by atoms with Crippen LogP contribution in [-0.4, -0.2) is 76.1 Å². The summed E-state index contributed by atoms with van der Waals surface area (Å²) in [4.78, 5) is 43.7. The number of β-lactam (4-membered cyclic amide) rings is 1. The Hall–Kier alpha value is -3.60. The predicted molar refractivity (Wildman–Crippen MR) is 154 cm³/mol. The lowest BCUT2D eigenvalue weighted by Crippen LogP contribution is -2.70. The number of amides is 2. The second-order valence-corrected chi connectivity index (χ2v) is 12.8. The fraction of sp³-hybridized carbons (Fsp3) is 0.250. The number of thiazole rings is 1. The minimum atomic E-state index is -1.22. The van der Waals surface area contributed by atoms with E-state index in [1.54, 1.807) is 17.5 Å². The Labute approximate surface area is 244 Å². The van der Waals surface area contributed by atoms with Crippen molar-refractivity contribution in [3.05, 3.63) is 46.6 Å². The number of allylic oxidation sites excluding steroid dienone is 1. The van der Waals surface area contributed by atoms with E-state index in [0.717, 1.165) is 0 Å². The third-order valence-corrected chi connectivity index (χ3v) is 10.2. The van der Waals surface area contributed by atoms with Crippen molar-refractivity contribution in [2.45, 2.75) is 29.1 Å². The van der Waals surface area contributed by atoms with Crippen LogP contribution in [0, 0.1) is 0 Å².